The highest BCUT2D eigenvalue weighted by atomic mass is 32.2. The van der Waals surface area contributed by atoms with Crippen LogP contribution in [0.15, 0.2) is 12.1 Å². The Kier molecular flexibility index (Phi) is 3.84. The molecular formula is C7H5N4O8S-. The third-order valence-corrected chi connectivity index (χ3v) is 2.43. The highest BCUT2D eigenvalue weighted by Crippen LogP contribution is 2.44. The second-order valence-electron chi connectivity index (χ2n) is 3.43. The third-order valence-electron chi connectivity index (χ3n) is 1.92. The minimum Gasteiger partial charge on any atom is -0.566 e. The smallest absolute Gasteiger partial charge is 0.283 e. The first-order valence-electron chi connectivity index (χ1n) is 4.57. The molecule has 0 amide bonds. The fraction of sp³-hybridized carbons (Fsp3) is 0.143. The Morgan fingerprint density at radius 1 is 0.950 bits per heavy atom. The first-order chi connectivity index (χ1) is 9.03. The van der Waals surface area contributed by atoms with Crippen LogP contribution in [0.2, 0.25) is 0 Å². The molecule has 0 aliphatic rings. The molecule has 1 aromatic carbocycles. The van der Waals surface area contributed by atoms with Crippen LogP contribution in [-0.2, 0) is 10.0 Å². The molecule has 0 fully saturated rings. The van der Waals surface area contributed by atoms with E-state index in [2.05, 4.69) is 4.72 Å². The number of sulfonamides is 1. The third kappa shape index (κ3) is 3.35. The van der Waals surface area contributed by atoms with E-state index in [-0.39, 0.29) is 0 Å². The molecule has 12 nitrogen and oxygen atoms in total. The van der Waals surface area contributed by atoms with Gasteiger partial charge in [0.2, 0.25) is 0 Å². The second-order valence-corrected chi connectivity index (χ2v) is 5.08. The van der Waals surface area contributed by atoms with E-state index in [0.717, 1.165) is 0 Å². The zero-order valence-electron chi connectivity index (χ0n) is 9.62. The van der Waals surface area contributed by atoms with Crippen LogP contribution in [0.3, 0.4) is 0 Å². The van der Waals surface area contributed by atoms with Crippen LogP contribution in [0.25, 0.3) is 4.72 Å². The summed E-state index contributed by atoms with van der Waals surface area (Å²) in [5, 5.41) is 32.1. The van der Waals surface area contributed by atoms with Gasteiger partial charge < -0.3 is 4.72 Å². The molecule has 0 heterocycles. The molecule has 0 saturated carbocycles. The van der Waals surface area contributed by atoms with Crippen molar-refractivity contribution in [3.8, 4) is 0 Å². The lowest BCUT2D eigenvalue weighted by atomic mass is 10.2. The number of rotatable bonds is 5. The van der Waals surface area contributed by atoms with Gasteiger partial charge in [0.25, 0.3) is 17.1 Å². The standard InChI is InChI=1S/C7H5N4O8S/c1-20(18,19)8-7-5(10(14)15)2-4(9(12)13)3-6(7)11(16)17/h2-3H,1H3/q-1. The monoisotopic (exact) mass is 305 g/mol. The SMILES string of the molecule is CS(=O)(=O)[N-]c1c([N+](=O)[O-])cc([N+](=O)[O-])cc1[N+](=O)[O-]. The molecular weight excluding hydrogens is 300 g/mol. The molecule has 0 bridgehead atoms. The number of benzene rings is 1. The fourth-order valence-corrected chi connectivity index (χ4v) is 1.75. The zero-order chi connectivity index (χ0) is 15.7. The molecule has 0 unspecified atom stereocenters. The molecule has 0 aromatic heterocycles. The molecule has 108 valence electrons. The van der Waals surface area contributed by atoms with Crippen molar-refractivity contribution in [2.75, 3.05) is 6.26 Å². The minimum atomic E-state index is -4.18. The van der Waals surface area contributed by atoms with Gasteiger partial charge in [0, 0.05) is 11.9 Å². The van der Waals surface area contributed by atoms with Crippen molar-refractivity contribution in [2.45, 2.75) is 0 Å². The molecule has 20 heavy (non-hydrogen) atoms. The summed E-state index contributed by atoms with van der Waals surface area (Å²) >= 11 is 0. The number of hydrogen-bond donors (Lipinski definition) is 0. The van der Waals surface area contributed by atoms with E-state index in [4.69, 9.17) is 0 Å². The zero-order valence-corrected chi connectivity index (χ0v) is 10.4. The molecule has 0 saturated heterocycles. The van der Waals surface area contributed by atoms with E-state index in [1.807, 2.05) is 0 Å². The summed E-state index contributed by atoms with van der Waals surface area (Å²) in [5.41, 5.74) is -4.27. The molecule has 0 aliphatic heterocycles. The lowest BCUT2D eigenvalue weighted by Crippen LogP contribution is -2.01. The summed E-state index contributed by atoms with van der Waals surface area (Å²) in [4.78, 5) is 28.6. The van der Waals surface area contributed by atoms with Crippen LogP contribution in [0.5, 0.6) is 0 Å². The number of non-ortho nitro benzene ring substituents is 1. The molecule has 0 atom stereocenters. The first-order valence-corrected chi connectivity index (χ1v) is 6.42. The quantitative estimate of drug-likeness (QED) is 0.577. The predicted molar refractivity (Wildman–Crippen MR) is 64.3 cm³/mol. The van der Waals surface area contributed by atoms with Gasteiger partial charge in [-0.25, -0.2) is 8.42 Å². The fourth-order valence-electron chi connectivity index (χ4n) is 1.23. The van der Waals surface area contributed by atoms with E-state index in [0.29, 0.717) is 18.4 Å². The lowest BCUT2D eigenvalue weighted by molar-refractivity contribution is -0.401. The van der Waals surface area contributed by atoms with Crippen LogP contribution in [-0.4, -0.2) is 29.4 Å². The predicted octanol–water partition coefficient (Wildman–Crippen LogP) is 1.38. The van der Waals surface area contributed by atoms with Gasteiger partial charge in [-0.05, 0) is 0 Å². The van der Waals surface area contributed by atoms with Crippen molar-refractivity contribution in [3.05, 3.63) is 47.2 Å². The summed E-state index contributed by atoms with van der Waals surface area (Å²) in [6, 6.07) is 0.800. The van der Waals surface area contributed by atoms with Crippen LogP contribution in [0.1, 0.15) is 0 Å². The molecule has 0 radical (unpaired) electrons. The molecule has 1 rings (SSSR count). The average Bonchev–Trinajstić information content (AvgIpc) is 2.25. The van der Waals surface area contributed by atoms with Crippen molar-refractivity contribution in [2.24, 2.45) is 0 Å². The Morgan fingerprint density at radius 3 is 1.60 bits per heavy atom. The van der Waals surface area contributed by atoms with Crippen molar-refractivity contribution >= 4 is 32.8 Å². The van der Waals surface area contributed by atoms with Gasteiger partial charge in [0.15, 0.2) is 0 Å². The Balaban J connectivity index is 3.72. The Morgan fingerprint density at radius 2 is 1.35 bits per heavy atom. The van der Waals surface area contributed by atoms with E-state index in [1.165, 1.54) is 0 Å². The van der Waals surface area contributed by atoms with E-state index < -0.39 is 47.5 Å². The summed E-state index contributed by atoms with van der Waals surface area (Å²) in [6.07, 6.45) is 0.571. The Bertz CT molecular complexity index is 677. The highest BCUT2D eigenvalue weighted by Gasteiger charge is 2.26. The second kappa shape index (κ2) is 5.04. The topological polar surface area (TPSA) is 178 Å². The number of nitro benzene ring substituents is 3. The minimum absolute atomic E-state index is 0.400. The van der Waals surface area contributed by atoms with Gasteiger partial charge in [-0.3, -0.25) is 30.3 Å². The van der Waals surface area contributed by atoms with Crippen LogP contribution in [0.4, 0.5) is 22.7 Å². The Hall–Kier alpha value is -2.83. The van der Waals surface area contributed by atoms with Crippen molar-refractivity contribution < 1.29 is 23.2 Å². The van der Waals surface area contributed by atoms with E-state index in [9.17, 15) is 38.8 Å². The normalized spacial score (nSPS) is 10.8. The number of nitro groups is 3. The molecule has 1 aromatic rings. The van der Waals surface area contributed by atoms with Gasteiger partial charge in [-0.1, -0.05) is 0 Å². The maximum atomic E-state index is 11.0. The highest BCUT2D eigenvalue weighted by molar-refractivity contribution is 7.93. The number of nitrogens with zero attached hydrogens (tertiary/aromatic N) is 4. The summed E-state index contributed by atoms with van der Waals surface area (Å²) < 4.78 is 24.9. The van der Waals surface area contributed by atoms with Gasteiger partial charge in [-0.15, -0.1) is 0 Å². The molecule has 0 aliphatic carbocycles. The van der Waals surface area contributed by atoms with Gasteiger partial charge in [0.05, 0.1) is 36.9 Å². The first kappa shape index (κ1) is 15.2. The maximum absolute atomic E-state index is 11.0. The van der Waals surface area contributed by atoms with Gasteiger partial charge in [0.1, 0.15) is 0 Å². The van der Waals surface area contributed by atoms with Crippen molar-refractivity contribution in [1.29, 1.82) is 0 Å². The lowest BCUT2D eigenvalue weighted by Gasteiger charge is -2.17. The maximum Gasteiger partial charge on any atom is 0.283 e. The van der Waals surface area contributed by atoms with Gasteiger partial charge >= 0.3 is 0 Å². The van der Waals surface area contributed by atoms with E-state index >= 15 is 0 Å². The van der Waals surface area contributed by atoms with Crippen LogP contribution in [0, 0.1) is 30.3 Å². The summed E-state index contributed by atoms with van der Waals surface area (Å²) in [7, 11) is -4.18. The molecule has 0 N–H and O–H groups in total. The molecule has 0 spiro atoms. The van der Waals surface area contributed by atoms with Crippen LogP contribution < -0.4 is 0 Å². The van der Waals surface area contributed by atoms with Gasteiger partial charge in [-0.2, -0.15) is 0 Å². The Labute approximate surface area is 110 Å². The average molecular weight is 305 g/mol. The summed E-state index contributed by atoms with van der Waals surface area (Å²) in [6.45, 7) is 0. The largest absolute Gasteiger partial charge is 0.566 e. The number of hydrogen-bond acceptors (Lipinski definition) is 8. The van der Waals surface area contributed by atoms with Crippen molar-refractivity contribution in [3.63, 3.8) is 0 Å². The molecule has 13 heteroatoms. The van der Waals surface area contributed by atoms with Crippen molar-refractivity contribution in [1.82, 2.24) is 0 Å². The van der Waals surface area contributed by atoms with Crippen LogP contribution >= 0.6 is 0 Å². The van der Waals surface area contributed by atoms with E-state index in [1.54, 1.807) is 0 Å². The summed E-state index contributed by atoms with van der Waals surface area (Å²) in [5.74, 6) is 0.